The second-order valence-corrected chi connectivity index (χ2v) is 6.13. The molecule has 1 unspecified atom stereocenters. The molecular formula is C13H24N2O3. The highest BCUT2D eigenvalue weighted by molar-refractivity contribution is 5.98. The summed E-state index contributed by atoms with van der Waals surface area (Å²) in [5.74, 6) is -0.361. The van der Waals surface area contributed by atoms with Crippen LogP contribution >= 0.6 is 0 Å². The monoisotopic (exact) mass is 256 g/mol. The van der Waals surface area contributed by atoms with E-state index in [-0.39, 0.29) is 29.8 Å². The maximum atomic E-state index is 11.9. The van der Waals surface area contributed by atoms with Crippen LogP contribution in [0.5, 0.6) is 0 Å². The number of carbonyl (C=O) groups excluding carboxylic acids is 2. The fourth-order valence-electron chi connectivity index (χ4n) is 2.06. The Kier molecular flexibility index (Phi) is 4.87. The van der Waals surface area contributed by atoms with Gasteiger partial charge < -0.3 is 10.4 Å². The molecule has 104 valence electrons. The van der Waals surface area contributed by atoms with Crippen molar-refractivity contribution in [3.8, 4) is 0 Å². The summed E-state index contributed by atoms with van der Waals surface area (Å²) in [6.07, 6.45) is 0.0214. The number of imide groups is 1. The van der Waals surface area contributed by atoms with Crippen LogP contribution in [0.4, 0.5) is 0 Å². The average molecular weight is 256 g/mol. The molecule has 1 heterocycles. The maximum absolute atomic E-state index is 11.9. The van der Waals surface area contributed by atoms with Gasteiger partial charge in [0.1, 0.15) is 0 Å². The number of carbonyl (C=O) groups is 2. The molecule has 0 radical (unpaired) electrons. The molecule has 1 saturated heterocycles. The first-order valence-electron chi connectivity index (χ1n) is 6.46. The van der Waals surface area contributed by atoms with Crippen LogP contribution in [0.15, 0.2) is 0 Å². The van der Waals surface area contributed by atoms with E-state index in [0.717, 1.165) is 0 Å². The van der Waals surface area contributed by atoms with Crippen molar-refractivity contribution < 1.29 is 14.7 Å². The van der Waals surface area contributed by atoms with Crippen LogP contribution in [0.3, 0.4) is 0 Å². The van der Waals surface area contributed by atoms with Gasteiger partial charge in [0, 0.05) is 25.4 Å². The lowest BCUT2D eigenvalue weighted by molar-refractivity contribution is -0.154. The van der Waals surface area contributed by atoms with Gasteiger partial charge in [-0.25, -0.2) is 0 Å². The van der Waals surface area contributed by atoms with Crippen molar-refractivity contribution in [2.24, 2.45) is 5.41 Å². The predicted octanol–water partition coefficient (Wildman–Crippen LogP) is 0.520. The minimum Gasteiger partial charge on any atom is -0.390 e. The largest absolute Gasteiger partial charge is 0.390 e. The lowest BCUT2D eigenvalue weighted by Crippen LogP contribution is -2.50. The fourth-order valence-corrected chi connectivity index (χ4v) is 2.06. The maximum Gasteiger partial charge on any atom is 0.229 e. The normalized spacial score (nSPS) is 21.6. The second-order valence-electron chi connectivity index (χ2n) is 6.13. The van der Waals surface area contributed by atoms with Crippen LogP contribution in [0.25, 0.3) is 0 Å². The quantitative estimate of drug-likeness (QED) is 0.704. The Bertz CT molecular complexity index is 306. The van der Waals surface area contributed by atoms with Crippen LogP contribution in [0.1, 0.15) is 40.5 Å². The zero-order valence-electron chi connectivity index (χ0n) is 11.7. The standard InChI is InChI=1S/C13H24N2O3/c1-9(2)14-7-10(16)8-15-11(17)5-13(3,4)6-12(15)18/h9-10,14,16H,5-8H2,1-4H3. The van der Waals surface area contributed by atoms with Crippen molar-refractivity contribution in [2.75, 3.05) is 13.1 Å². The van der Waals surface area contributed by atoms with E-state index in [1.807, 2.05) is 27.7 Å². The summed E-state index contributed by atoms with van der Waals surface area (Å²) >= 11 is 0. The first-order valence-corrected chi connectivity index (χ1v) is 6.46. The smallest absolute Gasteiger partial charge is 0.229 e. The van der Waals surface area contributed by atoms with Crippen molar-refractivity contribution in [2.45, 2.75) is 52.7 Å². The van der Waals surface area contributed by atoms with E-state index in [1.54, 1.807) is 0 Å². The molecule has 2 amide bonds. The molecule has 18 heavy (non-hydrogen) atoms. The third-order valence-electron chi connectivity index (χ3n) is 3.02. The van der Waals surface area contributed by atoms with Gasteiger partial charge in [0.15, 0.2) is 0 Å². The number of rotatable bonds is 5. The Balaban J connectivity index is 2.51. The highest BCUT2D eigenvalue weighted by atomic mass is 16.3. The average Bonchev–Trinajstić information content (AvgIpc) is 2.19. The number of hydrogen-bond acceptors (Lipinski definition) is 4. The number of likely N-dealkylation sites (tertiary alicyclic amines) is 1. The number of nitrogens with zero attached hydrogens (tertiary/aromatic N) is 1. The van der Waals surface area contributed by atoms with E-state index in [4.69, 9.17) is 0 Å². The van der Waals surface area contributed by atoms with Crippen molar-refractivity contribution in [3.05, 3.63) is 0 Å². The number of piperidine rings is 1. The highest BCUT2D eigenvalue weighted by Crippen LogP contribution is 2.31. The molecule has 0 aromatic heterocycles. The second kappa shape index (κ2) is 5.80. The third kappa shape index (κ3) is 4.38. The predicted molar refractivity (Wildman–Crippen MR) is 68.9 cm³/mol. The Morgan fingerprint density at radius 3 is 2.22 bits per heavy atom. The first kappa shape index (κ1) is 15.1. The van der Waals surface area contributed by atoms with Crippen LogP contribution in [-0.4, -0.2) is 47.1 Å². The number of hydrogen-bond donors (Lipinski definition) is 2. The molecule has 0 bridgehead atoms. The summed E-state index contributed by atoms with van der Waals surface area (Å²) in [7, 11) is 0. The minimum atomic E-state index is -0.707. The van der Waals surface area contributed by atoms with E-state index in [9.17, 15) is 14.7 Å². The number of amides is 2. The van der Waals surface area contributed by atoms with Crippen molar-refractivity contribution in [1.82, 2.24) is 10.2 Å². The Morgan fingerprint density at radius 1 is 1.28 bits per heavy atom. The van der Waals surface area contributed by atoms with Gasteiger partial charge in [-0.3, -0.25) is 14.5 Å². The zero-order valence-corrected chi connectivity index (χ0v) is 11.7. The first-order chi connectivity index (χ1) is 8.21. The Morgan fingerprint density at radius 2 is 1.78 bits per heavy atom. The summed E-state index contributed by atoms with van der Waals surface area (Å²) < 4.78 is 0. The molecule has 5 nitrogen and oxygen atoms in total. The lowest BCUT2D eigenvalue weighted by atomic mass is 9.81. The van der Waals surface area contributed by atoms with Gasteiger partial charge in [0.2, 0.25) is 11.8 Å². The van der Waals surface area contributed by atoms with E-state index in [1.165, 1.54) is 4.90 Å². The molecule has 1 rings (SSSR count). The molecular weight excluding hydrogens is 232 g/mol. The SMILES string of the molecule is CC(C)NCC(O)CN1C(=O)CC(C)(C)CC1=O. The van der Waals surface area contributed by atoms with Gasteiger partial charge in [0.05, 0.1) is 12.6 Å². The molecule has 0 saturated carbocycles. The van der Waals surface area contributed by atoms with E-state index in [0.29, 0.717) is 19.4 Å². The van der Waals surface area contributed by atoms with Crippen LogP contribution in [-0.2, 0) is 9.59 Å². The van der Waals surface area contributed by atoms with Gasteiger partial charge in [-0.05, 0) is 5.41 Å². The Hall–Kier alpha value is -0.940. The van der Waals surface area contributed by atoms with Crippen molar-refractivity contribution in [3.63, 3.8) is 0 Å². The van der Waals surface area contributed by atoms with Crippen LogP contribution in [0, 0.1) is 5.41 Å². The van der Waals surface area contributed by atoms with Gasteiger partial charge in [0.25, 0.3) is 0 Å². The minimum absolute atomic E-state index is 0.0907. The molecule has 1 aliphatic rings. The van der Waals surface area contributed by atoms with Crippen LogP contribution in [0.2, 0.25) is 0 Å². The number of β-amino-alcohol motifs (C(OH)–C–C–N with tert-alkyl or cyclic N) is 1. The molecule has 1 fully saturated rings. The fraction of sp³-hybridized carbons (Fsp3) is 0.846. The van der Waals surface area contributed by atoms with Gasteiger partial charge in [-0.15, -0.1) is 0 Å². The molecule has 2 N–H and O–H groups in total. The van der Waals surface area contributed by atoms with Gasteiger partial charge in [-0.2, -0.15) is 0 Å². The van der Waals surface area contributed by atoms with E-state index >= 15 is 0 Å². The molecule has 0 aromatic carbocycles. The van der Waals surface area contributed by atoms with E-state index in [2.05, 4.69) is 5.32 Å². The molecule has 5 heteroatoms. The number of aliphatic hydroxyl groups excluding tert-OH is 1. The van der Waals surface area contributed by atoms with Gasteiger partial charge >= 0.3 is 0 Å². The zero-order chi connectivity index (χ0) is 13.9. The molecule has 0 aliphatic carbocycles. The molecule has 1 atom stereocenters. The van der Waals surface area contributed by atoms with Crippen LogP contribution < -0.4 is 5.32 Å². The molecule has 0 spiro atoms. The van der Waals surface area contributed by atoms with Gasteiger partial charge in [-0.1, -0.05) is 27.7 Å². The summed E-state index contributed by atoms with van der Waals surface area (Å²) in [5, 5.41) is 12.9. The highest BCUT2D eigenvalue weighted by Gasteiger charge is 2.37. The van der Waals surface area contributed by atoms with Crippen molar-refractivity contribution >= 4 is 11.8 Å². The third-order valence-corrected chi connectivity index (χ3v) is 3.02. The molecule has 1 aliphatic heterocycles. The summed E-state index contributed by atoms with van der Waals surface area (Å²) in [6.45, 7) is 8.26. The summed E-state index contributed by atoms with van der Waals surface area (Å²) in [5.41, 5.74) is -0.258. The van der Waals surface area contributed by atoms with E-state index < -0.39 is 6.10 Å². The molecule has 0 aromatic rings. The summed E-state index contributed by atoms with van der Waals surface area (Å²) in [4.78, 5) is 24.9. The summed E-state index contributed by atoms with van der Waals surface area (Å²) in [6, 6.07) is 0.270. The Labute approximate surface area is 109 Å². The van der Waals surface area contributed by atoms with Crippen molar-refractivity contribution in [1.29, 1.82) is 0 Å². The lowest BCUT2D eigenvalue weighted by Gasteiger charge is -2.35. The number of aliphatic hydroxyl groups is 1. The topological polar surface area (TPSA) is 69.6 Å². The number of nitrogens with one attached hydrogen (secondary N) is 1.